The molecule has 4 unspecified atom stereocenters. The summed E-state index contributed by atoms with van der Waals surface area (Å²) in [4.78, 5) is 0. The molecule has 1 aromatic rings. The van der Waals surface area contributed by atoms with E-state index in [1.807, 2.05) is 0 Å². The number of hydrogen-bond acceptors (Lipinski definition) is 2. The van der Waals surface area contributed by atoms with Crippen molar-refractivity contribution in [3.63, 3.8) is 0 Å². The van der Waals surface area contributed by atoms with E-state index in [4.69, 9.17) is 5.73 Å². The van der Waals surface area contributed by atoms with Gasteiger partial charge >= 0.3 is 0 Å². The molecule has 104 valence electrons. The summed E-state index contributed by atoms with van der Waals surface area (Å²) in [5, 5.41) is 11.1. The van der Waals surface area contributed by atoms with Crippen LogP contribution in [-0.4, -0.2) is 11.7 Å². The van der Waals surface area contributed by atoms with Crippen molar-refractivity contribution >= 4 is 0 Å². The Balaban J connectivity index is 2.01. The summed E-state index contributed by atoms with van der Waals surface area (Å²) in [6, 6.07) is 6.27. The molecule has 2 fully saturated rings. The van der Waals surface area contributed by atoms with E-state index >= 15 is 0 Å². The molecule has 1 aromatic carbocycles. The highest BCUT2D eigenvalue weighted by Gasteiger charge is 2.54. The van der Waals surface area contributed by atoms with Gasteiger partial charge in [0.05, 0.1) is 6.10 Å². The Morgan fingerprint density at radius 1 is 1.32 bits per heavy atom. The highest BCUT2D eigenvalue weighted by Crippen LogP contribution is 2.60. The molecular weight excluding hydrogens is 234 g/mol. The van der Waals surface area contributed by atoms with E-state index in [1.54, 1.807) is 0 Å². The van der Waals surface area contributed by atoms with Crippen LogP contribution in [0.5, 0.6) is 0 Å². The Labute approximate surface area is 116 Å². The van der Waals surface area contributed by atoms with Gasteiger partial charge < -0.3 is 10.8 Å². The lowest BCUT2D eigenvalue weighted by Gasteiger charge is -2.42. The molecule has 0 radical (unpaired) electrons. The molecule has 3 rings (SSSR count). The third-order valence-electron chi connectivity index (χ3n) is 5.76. The number of hydrogen-bond donors (Lipinski definition) is 2. The topological polar surface area (TPSA) is 46.2 Å². The van der Waals surface area contributed by atoms with Gasteiger partial charge in [-0.25, -0.2) is 0 Å². The van der Waals surface area contributed by atoms with Crippen LogP contribution in [0.15, 0.2) is 18.2 Å². The normalized spacial score (nSPS) is 34.7. The van der Waals surface area contributed by atoms with Crippen LogP contribution in [0.2, 0.25) is 0 Å². The molecule has 2 nitrogen and oxygen atoms in total. The van der Waals surface area contributed by atoms with Gasteiger partial charge in [-0.05, 0) is 61.6 Å². The predicted molar refractivity (Wildman–Crippen MR) is 77.8 cm³/mol. The first-order chi connectivity index (χ1) is 9.08. The molecular formula is C17H25NO. The molecule has 2 bridgehead atoms. The minimum Gasteiger partial charge on any atom is -0.388 e. The second-order valence-corrected chi connectivity index (χ2v) is 6.73. The van der Waals surface area contributed by atoms with Crippen molar-refractivity contribution in [1.29, 1.82) is 0 Å². The first kappa shape index (κ1) is 13.1. The molecule has 2 aliphatic carbocycles. The Bertz CT molecular complexity index is 464. The van der Waals surface area contributed by atoms with Crippen molar-refractivity contribution < 1.29 is 5.11 Å². The molecule has 19 heavy (non-hydrogen) atoms. The summed E-state index contributed by atoms with van der Waals surface area (Å²) in [5.74, 6) is 1.42. The molecule has 2 saturated carbocycles. The highest BCUT2D eigenvalue weighted by molar-refractivity contribution is 5.37. The molecule has 3 N–H and O–H groups in total. The first-order valence-corrected chi connectivity index (χ1v) is 7.52. The van der Waals surface area contributed by atoms with E-state index in [0.29, 0.717) is 12.5 Å². The fraction of sp³-hybridized carbons (Fsp3) is 0.647. The van der Waals surface area contributed by atoms with E-state index in [9.17, 15) is 5.11 Å². The number of rotatable bonds is 3. The molecule has 4 atom stereocenters. The number of aliphatic hydroxyl groups is 1. The van der Waals surface area contributed by atoms with Crippen LogP contribution in [0.25, 0.3) is 0 Å². The molecule has 0 aliphatic heterocycles. The van der Waals surface area contributed by atoms with E-state index in [-0.39, 0.29) is 5.41 Å². The van der Waals surface area contributed by atoms with Gasteiger partial charge in [0, 0.05) is 12.0 Å². The van der Waals surface area contributed by atoms with Gasteiger partial charge in [0.1, 0.15) is 0 Å². The molecule has 2 heteroatoms. The third kappa shape index (κ3) is 1.85. The van der Waals surface area contributed by atoms with Gasteiger partial charge in [0.25, 0.3) is 0 Å². The van der Waals surface area contributed by atoms with Gasteiger partial charge in [-0.15, -0.1) is 0 Å². The van der Waals surface area contributed by atoms with Crippen molar-refractivity contribution in [3.8, 4) is 0 Å². The molecule has 0 saturated heterocycles. The fourth-order valence-electron chi connectivity index (χ4n) is 4.73. The molecule has 0 aromatic heterocycles. The van der Waals surface area contributed by atoms with Gasteiger partial charge in [-0.2, -0.15) is 0 Å². The highest BCUT2D eigenvalue weighted by atomic mass is 16.3. The standard InChI is InChI=1S/C17H25NO/c1-11-4-3-5-12(2)15(11)16(19)17(10-18)9-13-6-7-14(17)8-13/h3-5,13-14,16,19H,6-10,18H2,1-2H3. The van der Waals surface area contributed by atoms with Crippen molar-refractivity contribution in [2.45, 2.75) is 45.6 Å². The zero-order valence-corrected chi connectivity index (χ0v) is 12.0. The zero-order chi connectivity index (χ0) is 13.6. The number of nitrogens with two attached hydrogens (primary N) is 1. The van der Waals surface area contributed by atoms with Crippen LogP contribution < -0.4 is 5.73 Å². The Morgan fingerprint density at radius 2 is 2.00 bits per heavy atom. The van der Waals surface area contributed by atoms with Crippen LogP contribution in [-0.2, 0) is 0 Å². The van der Waals surface area contributed by atoms with Gasteiger partial charge in [-0.1, -0.05) is 24.6 Å². The fourth-order valence-corrected chi connectivity index (χ4v) is 4.73. The summed E-state index contributed by atoms with van der Waals surface area (Å²) in [6.07, 6.45) is 4.59. The Kier molecular flexibility index (Phi) is 3.18. The average molecular weight is 259 g/mol. The second kappa shape index (κ2) is 4.60. The summed E-state index contributed by atoms with van der Waals surface area (Å²) in [6.45, 7) is 4.81. The van der Waals surface area contributed by atoms with Crippen molar-refractivity contribution in [3.05, 3.63) is 34.9 Å². The van der Waals surface area contributed by atoms with Gasteiger partial charge in [-0.3, -0.25) is 0 Å². The van der Waals surface area contributed by atoms with Crippen molar-refractivity contribution in [2.24, 2.45) is 23.0 Å². The largest absolute Gasteiger partial charge is 0.388 e. The quantitative estimate of drug-likeness (QED) is 0.876. The SMILES string of the molecule is Cc1cccc(C)c1C(O)C1(CN)CC2CCC1C2. The van der Waals surface area contributed by atoms with Crippen LogP contribution in [0.3, 0.4) is 0 Å². The average Bonchev–Trinajstić information content (AvgIpc) is 2.99. The number of aliphatic hydroxyl groups excluding tert-OH is 1. The summed E-state index contributed by atoms with van der Waals surface area (Å²) in [5.41, 5.74) is 9.58. The monoisotopic (exact) mass is 259 g/mol. The molecule has 0 spiro atoms. The Morgan fingerprint density at radius 3 is 2.47 bits per heavy atom. The zero-order valence-electron chi connectivity index (χ0n) is 12.0. The Hall–Kier alpha value is -0.860. The van der Waals surface area contributed by atoms with Crippen LogP contribution in [0.4, 0.5) is 0 Å². The van der Waals surface area contributed by atoms with E-state index in [1.165, 1.54) is 30.4 Å². The van der Waals surface area contributed by atoms with E-state index in [0.717, 1.165) is 17.9 Å². The molecule has 0 heterocycles. The smallest absolute Gasteiger partial charge is 0.0866 e. The second-order valence-electron chi connectivity index (χ2n) is 6.73. The number of fused-ring (bicyclic) bond motifs is 2. The minimum absolute atomic E-state index is 0.0697. The maximum Gasteiger partial charge on any atom is 0.0866 e. The van der Waals surface area contributed by atoms with Crippen molar-refractivity contribution in [2.75, 3.05) is 6.54 Å². The molecule has 0 amide bonds. The maximum absolute atomic E-state index is 11.1. The van der Waals surface area contributed by atoms with Crippen LogP contribution in [0, 0.1) is 31.1 Å². The van der Waals surface area contributed by atoms with E-state index in [2.05, 4.69) is 32.0 Å². The summed E-state index contributed by atoms with van der Waals surface area (Å²) >= 11 is 0. The van der Waals surface area contributed by atoms with Gasteiger partial charge in [0.2, 0.25) is 0 Å². The summed E-state index contributed by atoms with van der Waals surface area (Å²) in [7, 11) is 0. The molecule has 2 aliphatic rings. The first-order valence-electron chi connectivity index (χ1n) is 7.52. The van der Waals surface area contributed by atoms with Gasteiger partial charge in [0.15, 0.2) is 0 Å². The minimum atomic E-state index is -0.394. The van der Waals surface area contributed by atoms with E-state index < -0.39 is 6.10 Å². The van der Waals surface area contributed by atoms with Crippen LogP contribution in [0.1, 0.15) is 48.5 Å². The lowest BCUT2D eigenvalue weighted by molar-refractivity contribution is -0.0137. The van der Waals surface area contributed by atoms with Crippen LogP contribution >= 0.6 is 0 Å². The maximum atomic E-state index is 11.1. The third-order valence-corrected chi connectivity index (χ3v) is 5.76. The number of aryl methyl sites for hydroxylation is 2. The number of benzene rings is 1. The lowest BCUT2D eigenvalue weighted by Crippen LogP contribution is -2.41. The summed E-state index contributed by atoms with van der Waals surface area (Å²) < 4.78 is 0. The lowest BCUT2D eigenvalue weighted by atomic mass is 9.66. The predicted octanol–water partition coefficient (Wildman–Crippen LogP) is 3.10. The van der Waals surface area contributed by atoms with Crippen molar-refractivity contribution in [1.82, 2.24) is 0 Å².